The van der Waals surface area contributed by atoms with Crippen LogP contribution in [0.3, 0.4) is 0 Å². The number of aromatic amines is 1. The van der Waals surface area contributed by atoms with Crippen molar-refractivity contribution in [3.63, 3.8) is 0 Å². The van der Waals surface area contributed by atoms with Crippen molar-refractivity contribution in [3.05, 3.63) is 42.0 Å². The van der Waals surface area contributed by atoms with Gasteiger partial charge in [-0.25, -0.2) is 9.89 Å². The fraction of sp³-hybridized carbons (Fsp3) is 0.0769. The summed E-state index contributed by atoms with van der Waals surface area (Å²) in [6, 6.07) is 8.20. The fourth-order valence-corrected chi connectivity index (χ4v) is 1.52. The minimum Gasteiger partial charge on any atom is -0.289 e. The Hall–Kier alpha value is -3.36. The van der Waals surface area contributed by atoms with Gasteiger partial charge >= 0.3 is 6.03 Å². The number of nitrogens with zero attached hydrogens (tertiary/aromatic N) is 4. The molecule has 2 aromatic rings. The number of amides is 3. The van der Waals surface area contributed by atoms with Crippen molar-refractivity contribution in [2.75, 3.05) is 11.9 Å². The summed E-state index contributed by atoms with van der Waals surface area (Å²) < 4.78 is 0. The van der Waals surface area contributed by atoms with Gasteiger partial charge in [0.25, 0.3) is 5.91 Å². The quantitative estimate of drug-likeness (QED) is 0.770. The Labute approximate surface area is 125 Å². The van der Waals surface area contributed by atoms with E-state index in [0.717, 1.165) is 5.56 Å². The van der Waals surface area contributed by atoms with Crippen molar-refractivity contribution in [2.24, 2.45) is 0 Å². The minimum atomic E-state index is -0.843. The Morgan fingerprint density at radius 2 is 2.09 bits per heavy atom. The molecule has 1 aromatic carbocycles. The first-order valence-corrected chi connectivity index (χ1v) is 6.15. The summed E-state index contributed by atoms with van der Waals surface area (Å²) in [5.74, 6) is -0.710. The second kappa shape index (κ2) is 7.43. The average Bonchev–Trinajstić information content (AvgIpc) is 3.04. The molecule has 9 nitrogen and oxygen atoms in total. The number of carbonyl (C=O) groups is 2. The Kier molecular flexibility index (Phi) is 5.08. The molecule has 9 heteroatoms. The van der Waals surface area contributed by atoms with Crippen LogP contribution in [-0.4, -0.2) is 50.3 Å². The van der Waals surface area contributed by atoms with Crippen molar-refractivity contribution in [1.82, 2.24) is 25.5 Å². The summed E-state index contributed by atoms with van der Waals surface area (Å²) in [6.07, 6.45) is 4.22. The first-order chi connectivity index (χ1) is 10.7. The van der Waals surface area contributed by atoms with Crippen LogP contribution in [-0.2, 0) is 9.59 Å². The molecule has 1 aromatic heterocycles. The number of anilines is 1. The zero-order valence-corrected chi connectivity index (χ0v) is 11.3. The first kappa shape index (κ1) is 15.0. The molecule has 22 heavy (non-hydrogen) atoms. The van der Waals surface area contributed by atoms with Gasteiger partial charge in [-0.15, -0.1) is 0 Å². The van der Waals surface area contributed by atoms with E-state index in [4.69, 9.17) is 0 Å². The average molecular weight is 299 g/mol. The third kappa shape index (κ3) is 4.07. The molecule has 1 radical (unpaired) electrons. The summed E-state index contributed by atoms with van der Waals surface area (Å²) in [7, 11) is 0. The smallest absolute Gasteiger partial charge is 0.289 e. The molecule has 0 bridgehead atoms. The Morgan fingerprint density at radius 1 is 1.32 bits per heavy atom. The van der Waals surface area contributed by atoms with Gasteiger partial charge in [0, 0.05) is 6.08 Å². The van der Waals surface area contributed by atoms with Crippen LogP contribution in [0.1, 0.15) is 5.56 Å². The van der Waals surface area contributed by atoms with Crippen LogP contribution < -0.4 is 5.32 Å². The van der Waals surface area contributed by atoms with E-state index in [1.165, 1.54) is 18.4 Å². The third-order valence-corrected chi connectivity index (χ3v) is 2.52. The highest BCUT2D eigenvalue weighted by Crippen LogP contribution is 2.03. The number of urea groups is 1. The number of nitrogens with one attached hydrogen (secondary N) is 2. The number of hydrogen-bond donors (Lipinski definition) is 2. The van der Waals surface area contributed by atoms with Crippen molar-refractivity contribution in [2.45, 2.75) is 0 Å². The molecular formula is C13H11N6O3. The summed E-state index contributed by atoms with van der Waals surface area (Å²) in [4.78, 5) is 35.1. The lowest BCUT2D eigenvalue weighted by Gasteiger charge is -2.15. The van der Waals surface area contributed by atoms with Gasteiger partial charge in [-0.3, -0.25) is 19.8 Å². The molecule has 0 atom stereocenters. The number of tetrazole rings is 1. The lowest BCUT2D eigenvalue weighted by molar-refractivity contribution is -0.122. The van der Waals surface area contributed by atoms with E-state index in [1.54, 1.807) is 12.1 Å². The molecule has 0 fully saturated rings. The number of H-pyrrole nitrogens is 1. The molecule has 2 rings (SSSR count). The van der Waals surface area contributed by atoms with Crippen LogP contribution in [0, 0.1) is 0 Å². The lowest BCUT2D eigenvalue weighted by atomic mass is 10.2. The first-order valence-electron chi connectivity index (χ1n) is 6.15. The second-order valence-corrected chi connectivity index (χ2v) is 3.99. The molecule has 0 spiro atoms. The zero-order chi connectivity index (χ0) is 15.8. The van der Waals surface area contributed by atoms with Crippen LogP contribution in [0.2, 0.25) is 0 Å². The Bertz CT molecular complexity index is 668. The third-order valence-electron chi connectivity index (χ3n) is 2.52. The van der Waals surface area contributed by atoms with Gasteiger partial charge in [0.05, 0.1) is 6.54 Å². The molecule has 3 amide bonds. The highest BCUT2D eigenvalue weighted by Gasteiger charge is 2.20. The van der Waals surface area contributed by atoms with Gasteiger partial charge in [0.2, 0.25) is 12.2 Å². The molecule has 1 heterocycles. The molecule has 111 valence electrons. The standard InChI is InChI=1S/C13H11N6O3/c20-9-8-19(13(22)14-12-15-17-18-16-12)11(21)7-6-10-4-2-1-3-5-10/h1-7H,8H2,(H2,14,15,16,17,18,22). The van der Waals surface area contributed by atoms with Crippen LogP contribution >= 0.6 is 0 Å². The van der Waals surface area contributed by atoms with Gasteiger partial charge in [-0.05, 0) is 22.1 Å². The molecule has 0 aliphatic heterocycles. The van der Waals surface area contributed by atoms with E-state index < -0.39 is 18.5 Å². The summed E-state index contributed by atoms with van der Waals surface area (Å²) >= 11 is 0. The normalized spacial score (nSPS) is 10.4. The van der Waals surface area contributed by atoms with E-state index in [9.17, 15) is 14.4 Å². The number of benzene rings is 1. The minimum absolute atomic E-state index is 0.0410. The maximum atomic E-state index is 12.0. The molecule has 0 saturated carbocycles. The van der Waals surface area contributed by atoms with E-state index in [1.807, 2.05) is 18.2 Å². The Morgan fingerprint density at radius 3 is 2.73 bits per heavy atom. The molecule has 0 unspecified atom stereocenters. The summed E-state index contributed by atoms with van der Waals surface area (Å²) in [6.45, 7) is -0.509. The molecular weight excluding hydrogens is 288 g/mol. The van der Waals surface area contributed by atoms with Crippen molar-refractivity contribution < 1.29 is 14.4 Å². The van der Waals surface area contributed by atoms with Gasteiger partial charge in [0.1, 0.15) is 0 Å². The Balaban J connectivity index is 2.06. The summed E-state index contributed by atoms with van der Waals surface area (Å²) in [5, 5.41) is 14.5. The zero-order valence-electron chi connectivity index (χ0n) is 11.3. The topological polar surface area (TPSA) is 121 Å². The largest absolute Gasteiger partial charge is 0.331 e. The maximum absolute atomic E-state index is 12.0. The molecule has 2 N–H and O–H groups in total. The van der Waals surface area contributed by atoms with Crippen LogP contribution in [0.25, 0.3) is 6.08 Å². The van der Waals surface area contributed by atoms with Gasteiger partial charge in [-0.2, -0.15) is 0 Å². The van der Waals surface area contributed by atoms with Crippen molar-refractivity contribution in [3.8, 4) is 0 Å². The number of aromatic nitrogens is 4. The van der Waals surface area contributed by atoms with E-state index in [0.29, 0.717) is 4.90 Å². The van der Waals surface area contributed by atoms with Gasteiger partial charge < -0.3 is 0 Å². The number of imide groups is 1. The summed E-state index contributed by atoms with van der Waals surface area (Å²) in [5.41, 5.74) is 0.783. The van der Waals surface area contributed by atoms with Crippen molar-refractivity contribution >= 4 is 30.2 Å². The maximum Gasteiger partial charge on any atom is 0.331 e. The lowest BCUT2D eigenvalue weighted by Crippen LogP contribution is -2.40. The van der Waals surface area contributed by atoms with Gasteiger partial charge in [0.15, 0.2) is 0 Å². The number of hydrogen-bond acceptors (Lipinski definition) is 6. The van der Waals surface area contributed by atoms with Crippen LogP contribution in [0.4, 0.5) is 10.7 Å². The monoisotopic (exact) mass is 299 g/mol. The molecule has 0 aliphatic rings. The predicted molar refractivity (Wildman–Crippen MR) is 76.1 cm³/mol. The van der Waals surface area contributed by atoms with E-state index in [2.05, 4.69) is 25.9 Å². The van der Waals surface area contributed by atoms with Gasteiger partial charge in [-0.1, -0.05) is 35.4 Å². The highest BCUT2D eigenvalue weighted by atomic mass is 16.2. The predicted octanol–water partition coefficient (Wildman–Crippen LogP) is 0.383. The fourth-order valence-electron chi connectivity index (χ4n) is 1.52. The van der Waals surface area contributed by atoms with Crippen LogP contribution in [0.15, 0.2) is 36.4 Å². The van der Waals surface area contributed by atoms with E-state index >= 15 is 0 Å². The van der Waals surface area contributed by atoms with Crippen LogP contribution in [0.5, 0.6) is 0 Å². The SMILES string of the molecule is O=[C]CN(C(=O)C=Cc1ccccc1)C(=O)Nc1nnn[nH]1. The second-order valence-electron chi connectivity index (χ2n) is 3.99. The molecule has 0 aliphatic carbocycles. The number of carbonyl (C=O) groups excluding carboxylic acids is 3. The number of rotatable bonds is 5. The van der Waals surface area contributed by atoms with E-state index in [-0.39, 0.29) is 5.95 Å². The van der Waals surface area contributed by atoms with Crippen molar-refractivity contribution in [1.29, 1.82) is 0 Å². The highest BCUT2D eigenvalue weighted by molar-refractivity contribution is 6.07. The molecule has 0 saturated heterocycles.